The minimum absolute atomic E-state index is 0.0466. The van der Waals surface area contributed by atoms with Crippen LogP contribution in [-0.2, 0) is 12.7 Å². The van der Waals surface area contributed by atoms with Crippen molar-refractivity contribution < 1.29 is 22.3 Å². The first-order valence-corrected chi connectivity index (χ1v) is 7.97. The van der Waals surface area contributed by atoms with E-state index in [0.29, 0.717) is 18.4 Å². The molecule has 142 valence electrons. The van der Waals surface area contributed by atoms with Crippen LogP contribution in [0, 0.1) is 13.8 Å². The van der Waals surface area contributed by atoms with Crippen LogP contribution < -0.4 is 15.4 Å². The molecule has 0 saturated heterocycles. The highest BCUT2D eigenvalue weighted by atomic mass is 19.4. The van der Waals surface area contributed by atoms with E-state index in [9.17, 15) is 13.2 Å². The van der Waals surface area contributed by atoms with Crippen LogP contribution in [0.15, 0.2) is 33.7 Å². The zero-order chi connectivity index (χ0) is 19.2. The number of benzene rings is 1. The number of nitrogens with one attached hydrogen (secondary N) is 2. The normalized spacial score (nSPS) is 12.2. The van der Waals surface area contributed by atoms with Gasteiger partial charge in [0, 0.05) is 7.05 Å². The highest BCUT2D eigenvalue weighted by Gasteiger charge is 2.33. The van der Waals surface area contributed by atoms with Crippen LogP contribution in [-0.4, -0.2) is 31.1 Å². The highest BCUT2D eigenvalue weighted by Crippen LogP contribution is 2.35. The summed E-state index contributed by atoms with van der Waals surface area (Å²) in [6.07, 6.45) is -4.45. The van der Waals surface area contributed by atoms with E-state index in [1.165, 1.54) is 18.2 Å². The van der Waals surface area contributed by atoms with Crippen LogP contribution in [0.25, 0.3) is 0 Å². The van der Waals surface area contributed by atoms with Gasteiger partial charge in [-0.3, -0.25) is 4.99 Å². The number of alkyl halides is 3. The first-order chi connectivity index (χ1) is 12.3. The van der Waals surface area contributed by atoms with Gasteiger partial charge in [-0.15, -0.1) is 0 Å². The summed E-state index contributed by atoms with van der Waals surface area (Å²) in [4.78, 5) is 8.27. The number of nitrogens with zero attached hydrogens (tertiary/aromatic N) is 2. The number of halogens is 3. The number of aromatic nitrogens is 1. The van der Waals surface area contributed by atoms with Crippen LogP contribution >= 0.6 is 0 Å². The summed E-state index contributed by atoms with van der Waals surface area (Å²) in [6, 6.07) is 5.11. The van der Waals surface area contributed by atoms with E-state index >= 15 is 0 Å². The Morgan fingerprint density at radius 2 is 1.96 bits per heavy atom. The van der Waals surface area contributed by atoms with Gasteiger partial charge in [0.1, 0.15) is 18.1 Å². The van der Waals surface area contributed by atoms with E-state index < -0.39 is 11.7 Å². The molecule has 26 heavy (non-hydrogen) atoms. The lowest BCUT2D eigenvalue weighted by molar-refractivity contribution is -0.138. The van der Waals surface area contributed by atoms with E-state index in [1.807, 2.05) is 13.8 Å². The second-order valence-electron chi connectivity index (χ2n) is 5.44. The Morgan fingerprint density at radius 3 is 2.58 bits per heavy atom. The third-order valence-corrected chi connectivity index (χ3v) is 3.55. The summed E-state index contributed by atoms with van der Waals surface area (Å²) in [6.45, 7) is 4.34. The minimum atomic E-state index is -4.45. The molecule has 6 nitrogen and oxygen atoms in total. The Balaban J connectivity index is 1.80. The van der Waals surface area contributed by atoms with Gasteiger partial charge in [0.05, 0.1) is 24.3 Å². The fourth-order valence-corrected chi connectivity index (χ4v) is 2.15. The van der Waals surface area contributed by atoms with Crippen molar-refractivity contribution in [3.63, 3.8) is 0 Å². The molecule has 2 rings (SSSR count). The Morgan fingerprint density at radius 1 is 1.23 bits per heavy atom. The average Bonchev–Trinajstić information content (AvgIpc) is 2.91. The SMILES string of the molecule is CN=C(NCCOc1ccccc1C(F)(F)F)NCc1nc(C)c(C)o1. The van der Waals surface area contributed by atoms with Crippen LogP contribution in [0.4, 0.5) is 13.2 Å². The number of ether oxygens (including phenoxy) is 1. The van der Waals surface area contributed by atoms with Crippen molar-refractivity contribution in [2.45, 2.75) is 26.6 Å². The predicted molar refractivity (Wildman–Crippen MR) is 91.1 cm³/mol. The lowest BCUT2D eigenvalue weighted by Gasteiger charge is -2.15. The molecule has 0 radical (unpaired) electrons. The maximum Gasteiger partial charge on any atom is 0.419 e. The van der Waals surface area contributed by atoms with Crippen molar-refractivity contribution in [3.8, 4) is 5.75 Å². The topological polar surface area (TPSA) is 71.7 Å². The standard InChI is InChI=1S/C17H21F3N4O2/c1-11-12(2)26-15(24-11)10-23-16(21-3)22-8-9-25-14-7-5-4-6-13(14)17(18,19)20/h4-7H,8-10H2,1-3H3,(H2,21,22,23). The van der Waals surface area contributed by atoms with Gasteiger partial charge in [0.15, 0.2) is 5.96 Å². The molecule has 1 aromatic carbocycles. The summed E-state index contributed by atoms with van der Waals surface area (Å²) in [5.41, 5.74) is 0.0265. The van der Waals surface area contributed by atoms with Crippen molar-refractivity contribution in [2.75, 3.05) is 20.2 Å². The fourth-order valence-electron chi connectivity index (χ4n) is 2.15. The molecule has 0 fully saturated rings. The van der Waals surface area contributed by atoms with Crippen LogP contribution in [0.2, 0.25) is 0 Å². The lowest BCUT2D eigenvalue weighted by atomic mass is 10.2. The molecule has 0 bridgehead atoms. The average molecular weight is 370 g/mol. The number of rotatable bonds is 6. The van der Waals surface area contributed by atoms with Gasteiger partial charge in [0.2, 0.25) is 5.89 Å². The van der Waals surface area contributed by atoms with Gasteiger partial charge in [-0.05, 0) is 26.0 Å². The molecule has 2 aromatic rings. The van der Waals surface area contributed by atoms with Crippen molar-refractivity contribution in [1.29, 1.82) is 0 Å². The maximum absolute atomic E-state index is 12.9. The lowest BCUT2D eigenvalue weighted by Crippen LogP contribution is -2.39. The number of hydrogen-bond acceptors (Lipinski definition) is 4. The first-order valence-electron chi connectivity index (χ1n) is 7.97. The molecule has 9 heteroatoms. The summed E-state index contributed by atoms with van der Waals surface area (Å²) in [5, 5.41) is 5.96. The van der Waals surface area contributed by atoms with Crippen LogP contribution in [0.3, 0.4) is 0 Å². The monoisotopic (exact) mass is 370 g/mol. The van der Waals surface area contributed by atoms with E-state index in [4.69, 9.17) is 9.15 Å². The second-order valence-corrected chi connectivity index (χ2v) is 5.44. The molecule has 0 amide bonds. The molecule has 0 aliphatic heterocycles. The molecular weight excluding hydrogens is 349 g/mol. The number of aryl methyl sites for hydroxylation is 2. The molecule has 0 saturated carbocycles. The van der Waals surface area contributed by atoms with Crippen molar-refractivity contribution >= 4 is 5.96 Å². The largest absolute Gasteiger partial charge is 0.491 e. The van der Waals surface area contributed by atoms with E-state index in [0.717, 1.165) is 17.5 Å². The Labute approximate surface area is 149 Å². The molecule has 1 heterocycles. The third-order valence-electron chi connectivity index (χ3n) is 3.55. The Kier molecular flexibility index (Phi) is 6.48. The number of para-hydroxylation sites is 1. The molecule has 2 N–H and O–H groups in total. The van der Waals surface area contributed by atoms with Crippen LogP contribution in [0.5, 0.6) is 5.75 Å². The maximum atomic E-state index is 12.9. The molecule has 1 aromatic heterocycles. The smallest absolute Gasteiger partial charge is 0.419 e. The second kappa shape index (κ2) is 8.59. The van der Waals surface area contributed by atoms with Crippen molar-refractivity contribution in [1.82, 2.24) is 15.6 Å². The molecule has 0 spiro atoms. The molecule has 0 atom stereocenters. The first kappa shape index (κ1) is 19.6. The van der Waals surface area contributed by atoms with Crippen LogP contribution in [0.1, 0.15) is 22.9 Å². The Hall–Kier alpha value is -2.71. The fraction of sp³-hybridized carbons (Fsp3) is 0.412. The summed E-state index contributed by atoms with van der Waals surface area (Å²) in [7, 11) is 1.58. The number of aliphatic imine (C=N–C) groups is 1. The summed E-state index contributed by atoms with van der Waals surface area (Å²) < 4.78 is 49.4. The Bertz CT molecular complexity index is 737. The number of guanidine groups is 1. The minimum Gasteiger partial charge on any atom is -0.491 e. The van der Waals surface area contributed by atoms with Crippen molar-refractivity contribution in [3.05, 3.63) is 47.2 Å². The van der Waals surface area contributed by atoms with Gasteiger partial charge in [-0.1, -0.05) is 12.1 Å². The zero-order valence-corrected chi connectivity index (χ0v) is 14.8. The number of hydrogen-bond donors (Lipinski definition) is 2. The quantitative estimate of drug-likeness (QED) is 0.465. The summed E-state index contributed by atoms with van der Waals surface area (Å²) >= 11 is 0. The molecule has 0 aliphatic carbocycles. The number of oxazole rings is 1. The highest BCUT2D eigenvalue weighted by molar-refractivity contribution is 5.79. The van der Waals surface area contributed by atoms with Gasteiger partial charge < -0.3 is 19.8 Å². The van der Waals surface area contributed by atoms with Gasteiger partial charge in [-0.2, -0.15) is 13.2 Å². The van der Waals surface area contributed by atoms with Gasteiger partial charge in [-0.25, -0.2) is 4.98 Å². The molecule has 0 aliphatic rings. The third kappa shape index (κ3) is 5.40. The van der Waals surface area contributed by atoms with Gasteiger partial charge >= 0.3 is 6.18 Å². The predicted octanol–water partition coefficient (Wildman–Crippen LogP) is 3.05. The summed E-state index contributed by atoms with van der Waals surface area (Å²) in [5.74, 6) is 1.54. The zero-order valence-electron chi connectivity index (χ0n) is 14.8. The molecular formula is C17H21F3N4O2. The molecule has 0 unspecified atom stereocenters. The van der Waals surface area contributed by atoms with Crippen molar-refractivity contribution in [2.24, 2.45) is 4.99 Å². The van der Waals surface area contributed by atoms with E-state index in [2.05, 4.69) is 20.6 Å². The van der Waals surface area contributed by atoms with Gasteiger partial charge in [0.25, 0.3) is 0 Å². The van der Waals surface area contributed by atoms with E-state index in [1.54, 1.807) is 7.05 Å². The van der Waals surface area contributed by atoms with E-state index in [-0.39, 0.29) is 18.9 Å².